The molecular formula is C20H19FN2O4. The summed E-state index contributed by atoms with van der Waals surface area (Å²) in [6.07, 6.45) is 0. The van der Waals surface area contributed by atoms with Gasteiger partial charge in [-0.2, -0.15) is 4.98 Å². The van der Waals surface area contributed by atoms with Gasteiger partial charge >= 0.3 is 5.97 Å². The van der Waals surface area contributed by atoms with E-state index in [0.29, 0.717) is 17.0 Å². The molecule has 0 atom stereocenters. The second-order valence-electron chi connectivity index (χ2n) is 6.11. The number of halogens is 1. The molecule has 0 saturated carbocycles. The maximum absolute atomic E-state index is 13.4. The lowest BCUT2D eigenvalue weighted by Gasteiger charge is -2.21. The number of benzene rings is 2. The van der Waals surface area contributed by atoms with Crippen LogP contribution < -0.4 is 14.4 Å². The van der Waals surface area contributed by atoms with Crippen LogP contribution >= 0.6 is 0 Å². The molecule has 7 heteroatoms. The van der Waals surface area contributed by atoms with Crippen LogP contribution in [0.3, 0.4) is 0 Å². The first-order valence-corrected chi connectivity index (χ1v) is 8.20. The van der Waals surface area contributed by atoms with Crippen LogP contribution in [0.4, 0.5) is 10.2 Å². The first-order valence-electron chi connectivity index (χ1n) is 8.20. The maximum Gasteiger partial charge on any atom is 0.341 e. The minimum absolute atomic E-state index is 0.195. The van der Waals surface area contributed by atoms with Crippen molar-refractivity contribution in [1.82, 2.24) is 4.98 Å². The molecule has 0 unspecified atom stereocenters. The second kappa shape index (κ2) is 7.49. The molecule has 3 aromatic rings. The topological polar surface area (TPSA) is 71.9 Å². The van der Waals surface area contributed by atoms with Crippen LogP contribution in [0.25, 0.3) is 21.9 Å². The molecule has 0 aliphatic rings. The number of carboxylic acid groups (broad SMARTS) is 1. The van der Waals surface area contributed by atoms with E-state index in [0.717, 1.165) is 16.5 Å². The zero-order chi connectivity index (χ0) is 19.6. The van der Waals surface area contributed by atoms with E-state index in [9.17, 15) is 9.18 Å². The number of anilines is 1. The largest absolute Gasteiger partial charge is 0.497 e. The van der Waals surface area contributed by atoms with Gasteiger partial charge in [-0.15, -0.1) is 0 Å². The number of carboxylic acids is 1. The molecule has 0 saturated heterocycles. The van der Waals surface area contributed by atoms with E-state index < -0.39 is 12.6 Å². The van der Waals surface area contributed by atoms with Gasteiger partial charge in [-0.1, -0.05) is 12.1 Å². The van der Waals surface area contributed by atoms with Gasteiger partial charge in [0.05, 0.1) is 7.11 Å². The molecule has 0 bridgehead atoms. The van der Waals surface area contributed by atoms with E-state index in [2.05, 4.69) is 4.98 Å². The lowest BCUT2D eigenvalue weighted by atomic mass is 9.98. The van der Waals surface area contributed by atoms with Crippen molar-refractivity contribution in [2.45, 2.75) is 0 Å². The minimum atomic E-state index is -1.10. The Hall–Kier alpha value is -3.35. The number of aliphatic carboxylic acids is 1. The molecule has 27 heavy (non-hydrogen) atoms. The van der Waals surface area contributed by atoms with E-state index in [1.807, 2.05) is 20.2 Å². The van der Waals surface area contributed by atoms with Gasteiger partial charge in [0.2, 0.25) is 5.88 Å². The molecule has 1 aromatic heterocycles. The third-order valence-corrected chi connectivity index (χ3v) is 4.05. The molecule has 0 fully saturated rings. The number of hydrogen-bond donors (Lipinski definition) is 1. The van der Waals surface area contributed by atoms with E-state index in [-0.39, 0.29) is 11.7 Å². The van der Waals surface area contributed by atoms with Crippen molar-refractivity contribution in [2.24, 2.45) is 0 Å². The normalized spacial score (nSPS) is 10.7. The molecule has 0 aliphatic carbocycles. The third kappa shape index (κ3) is 3.76. The van der Waals surface area contributed by atoms with Crippen LogP contribution in [0.1, 0.15) is 0 Å². The van der Waals surface area contributed by atoms with Gasteiger partial charge in [0.1, 0.15) is 17.4 Å². The van der Waals surface area contributed by atoms with E-state index >= 15 is 0 Å². The minimum Gasteiger partial charge on any atom is -0.497 e. The van der Waals surface area contributed by atoms with Gasteiger partial charge in [-0.3, -0.25) is 0 Å². The molecule has 2 aromatic carbocycles. The van der Waals surface area contributed by atoms with Gasteiger partial charge in [-0.05, 0) is 41.3 Å². The first kappa shape index (κ1) is 18.4. The van der Waals surface area contributed by atoms with Gasteiger partial charge < -0.3 is 19.5 Å². The molecule has 140 valence electrons. The SMILES string of the molecule is COc1ccc2c(-c3ccc(F)cc3)c(N(C)C)nc(OCC(=O)O)c2c1. The lowest BCUT2D eigenvalue weighted by molar-refractivity contribution is -0.139. The molecule has 0 aliphatic heterocycles. The number of methoxy groups -OCH3 is 1. The first-order chi connectivity index (χ1) is 12.9. The Morgan fingerprint density at radius 3 is 2.44 bits per heavy atom. The Labute approximate surface area is 155 Å². The summed E-state index contributed by atoms with van der Waals surface area (Å²) in [5, 5.41) is 10.4. The Morgan fingerprint density at radius 1 is 1.15 bits per heavy atom. The summed E-state index contributed by atoms with van der Waals surface area (Å²) in [6, 6.07) is 11.5. The van der Waals surface area contributed by atoms with Gasteiger partial charge in [0.25, 0.3) is 0 Å². The molecule has 1 N–H and O–H groups in total. The summed E-state index contributed by atoms with van der Waals surface area (Å²) in [7, 11) is 5.19. The molecule has 3 rings (SSSR count). The van der Waals surface area contributed by atoms with E-state index in [1.54, 1.807) is 36.3 Å². The van der Waals surface area contributed by atoms with Crippen LogP contribution in [0, 0.1) is 5.82 Å². The third-order valence-electron chi connectivity index (χ3n) is 4.05. The molecule has 1 heterocycles. The van der Waals surface area contributed by atoms with Crippen molar-refractivity contribution < 1.29 is 23.8 Å². The van der Waals surface area contributed by atoms with Crippen LogP contribution in [0.5, 0.6) is 11.6 Å². The molecule has 0 radical (unpaired) electrons. The van der Waals surface area contributed by atoms with Crippen molar-refractivity contribution in [3.63, 3.8) is 0 Å². The maximum atomic E-state index is 13.4. The Morgan fingerprint density at radius 2 is 1.85 bits per heavy atom. The highest BCUT2D eigenvalue weighted by Gasteiger charge is 2.19. The van der Waals surface area contributed by atoms with Crippen molar-refractivity contribution >= 4 is 22.6 Å². The number of rotatable bonds is 6. The molecule has 0 spiro atoms. The molecule has 6 nitrogen and oxygen atoms in total. The number of pyridine rings is 1. The molecular weight excluding hydrogens is 351 g/mol. The Bertz CT molecular complexity index is 987. The number of ether oxygens (including phenoxy) is 2. The fraction of sp³-hybridized carbons (Fsp3) is 0.200. The number of carbonyl (C=O) groups is 1. The Balaban J connectivity index is 2.32. The van der Waals surface area contributed by atoms with Crippen LogP contribution in [-0.2, 0) is 4.79 Å². The zero-order valence-corrected chi connectivity index (χ0v) is 15.2. The van der Waals surface area contributed by atoms with E-state index in [1.165, 1.54) is 12.1 Å². The Kier molecular flexibility index (Phi) is 5.12. The summed E-state index contributed by atoms with van der Waals surface area (Å²) in [5.41, 5.74) is 1.58. The van der Waals surface area contributed by atoms with Crippen molar-refractivity contribution in [1.29, 1.82) is 0 Å². The number of fused-ring (bicyclic) bond motifs is 1. The predicted octanol–water partition coefficient (Wildman–Crippen LogP) is 3.58. The van der Waals surface area contributed by atoms with Crippen molar-refractivity contribution in [3.8, 4) is 22.8 Å². The fourth-order valence-electron chi connectivity index (χ4n) is 2.84. The predicted molar refractivity (Wildman–Crippen MR) is 101 cm³/mol. The van der Waals surface area contributed by atoms with Crippen LogP contribution in [0.15, 0.2) is 42.5 Å². The standard InChI is InChI=1S/C20H19FN2O4/c1-23(2)19-18(12-4-6-13(21)7-5-12)15-9-8-14(26-3)10-16(15)20(22-19)27-11-17(24)25/h4-10H,11H2,1-3H3,(H,24,25). The second-order valence-corrected chi connectivity index (χ2v) is 6.11. The highest BCUT2D eigenvalue weighted by atomic mass is 19.1. The summed E-state index contributed by atoms with van der Waals surface area (Å²) in [5.74, 6) is -0.0555. The highest BCUT2D eigenvalue weighted by molar-refractivity contribution is 6.04. The van der Waals surface area contributed by atoms with Gasteiger partial charge in [0, 0.05) is 25.0 Å². The van der Waals surface area contributed by atoms with E-state index in [4.69, 9.17) is 14.6 Å². The van der Waals surface area contributed by atoms with Crippen LogP contribution in [0.2, 0.25) is 0 Å². The van der Waals surface area contributed by atoms with Gasteiger partial charge in [0.15, 0.2) is 6.61 Å². The summed E-state index contributed by atoms with van der Waals surface area (Å²) in [6.45, 7) is -0.512. The monoisotopic (exact) mass is 370 g/mol. The number of nitrogens with zero attached hydrogens (tertiary/aromatic N) is 2. The number of aromatic nitrogens is 1. The molecule has 0 amide bonds. The highest BCUT2D eigenvalue weighted by Crippen LogP contribution is 2.40. The smallest absolute Gasteiger partial charge is 0.341 e. The van der Waals surface area contributed by atoms with Gasteiger partial charge in [-0.25, -0.2) is 9.18 Å². The quantitative estimate of drug-likeness (QED) is 0.715. The van der Waals surface area contributed by atoms with Crippen molar-refractivity contribution in [2.75, 3.05) is 32.7 Å². The van der Waals surface area contributed by atoms with Crippen LogP contribution in [-0.4, -0.2) is 43.9 Å². The number of hydrogen-bond acceptors (Lipinski definition) is 5. The summed E-state index contributed by atoms with van der Waals surface area (Å²) < 4.78 is 24.1. The average Bonchev–Trinajstić information content (AvgIpc) is 2.65. The fourth-order valence-corrected chi connectivity index (χ4v) is 2.84. The summed E-state index contributed by atoms with van der Waals surface area (Å²) in [4.78, 5) is 17.3. The zero-order valence-electron chi connectivity index (χ0n) is 15.2. The lowest BCUT2D eigenvalue weighted by Crippen LogP contribution is -2.15. The average molecular weight is 370 g/mol. The van der Waals surface area contributed by atoms with Crippen molar-refractivity contribution in [3.05, 3.63) is 48.3 Å². The summed E-state index contributed by atoms with van der Waals surface area (Å²) >= 11 is 0.